The Bertz CT molecular complexity index is 1010. The van der Waals surface area contributed by atoms with Gasteiger partial charge in [0.05, 0.1) is 28.5 Å². The van der Waals surface area contributed by atoms with Crippen molar-refractivity contribution in [2.24, 2.45) is 29.1 Å². The van der Waals surface area contributed by atoms with Crippen molar-refractivity contribution in [3.63, 3.8) is 0 Å². The molecule has 6 atom stereocenters. The van der Waals surface area contributed by atoms with Crippen molar-refractivity contribution in [1.82, 2.24) is 4.90 Å². The SMILES string of the molecule is N#CC1(COc2cc(F)c(C(=O)N3CCC[C@H]3CC(=O)O)cc2Cl)C2CC3CC(C2)C1C3. The predicted molar refractivity (Wildman–Crippen MR) is 114 cm³/mol. The lowest BCUT2D eigenvalue weighted by Gasteiger charge is -2.38. The van der Waals surface area contributed by atoms with Crippen LogP contribution in [-0.2, 0) is 4.79 Å². The van der Waals surface area contributed by atoms with Gasteiger partial charge in [-0.2, -0.15) is 5.26 Å². The average molecular weight is 461 g/mol. The smallest absolute Gasteiger partial charge is 0.305 e. The minimum atomic E-state index is -0.988. The van der Waals surface area contributed by atoms with Crippen molar-refractivity contribution in [1.29, 1.82) is 5.26 Å². The molecule has 0 radical (unpaired) electrons. The van der Waals surface area contributed by atoms with Gasteiger partial charge in [0.25, 0.3) is 5.91 Å². The van der Waals surface area contributed by atoms with Crippen molar-refractivity contribution in [2.75, 3.05) is 13.2 Å². The quantitative estimate of drug-likeness (QED) is 0.674. The first kappa shape index (κ1) is 21.5. The molecule has 0 spiro atoms. The van der Waals surface area contributed by atoms with Crippen molar-refractivity contribution in [3.05, 3.63) is 28.5 Å². The largest absolute Gasteiger partial charge is 0.490 e. The molecule has 1 heterocycles. The van der Waals surface area contributed by atoms with E-state index < -0.39 is 29.2 Å². The van der Waals surface area contributed by atoms with Crippen molar-refractivity contribution >= 4 is 23.5 Å². The van der Waals surface area contributed by atoms with Gasteiger partial charge in [0.1, 0.15) is 18.2 Å². The molecule has 1 aromatic rings. The Hall–Kier alpha value is -2.33. The molecule has 6 rings (SSSR count). The number of aliphatic carboxylic acids is 1. The topological polar surface area (TPSA) is 90.6 Å². The van der Waals surface area contributed by atoms with Crippen LogP contribution in [0.5, 0.6) is 5.75 Å². The van der Waals surface area contributed by atoms with Crippen LogP contribution in [0, 0.1) is 46.2 Å². The molecular formula is C24H26ClFN2O4. The van der Waals surface area contributed by atoms with Crippen LogP contribution in [0.1, 0.15) is 55.3 Å². The highest BCUT2D eigenvalue weighted by atomic mass is 35.5. The number of nitriles is 1. The van der Waals surface area contributed by atoms with Crippen molar-refractivity contribution in [2.45, 2.75) is 51.0 Å². The summed E-state index contributed by atoms with van der Waals surface area (Å²) in [6, 6.07) is 4.49. The van der Waals surface area contributed by atoms with Crippen LogP contribution in [0.4, 0.5) is 4.39 Å². The van der Waals surface area contributed by atoms with Gasteiger partial charge in [-0.25, -0.2) is 4.39 Å². The zero-order valence-corrected chi connectivity index (χ0v) is 18.5. The van der Waals surface area contributed by atoms with Gasteiger partial charge in [0, 0.05) is 18.7 Å². The second-order valence-corrected chi connectivity index (χ2v) is 10.4. The van der Waals surface area contributed by atoms with Crippen LogP contribution in [-0.4, -0.2) is 41.1 Å². The summed E-state index contributed by atoms with van der Waals surface area (Å²) in [7, 11) is 0. The van der Waals surface area contributed by atoms with Gasteiger partial charge in [-0.05, 0) is 68.3 Å². The molecule has 1 N–H and O–H groups in total. The monoisotopic (exact) mass is 460 g/mol. The van der Waals surface area contributed by atoms with E-state index in [2.05, 4.69) is 6.07 Å². The Kier molecular flexibility index (Phi) is 5.32. The molecule has 170 valence electrons. The van der Waals surface area contributed by atoms with Crippen molar-refractivity contribution < 1.29 is 23.8 Å². The maximum absolute atomic E-state index is 14.9. The molecule has 1 aromatic carbocycles. The Morgan fingerprint density at radius 3 is 2.84 bits per heavy atom. The number of amides is 1. The van der Waals surface area contributed by atoms with Gasteiger partial charge in [-0.1, -0.05) is 11.6 Å². The highest BCUT2D eigenvalue weighted by Gasteiger charge is 2.63. The molecule has 5 aliphatic rings. The summed E-state index contributed by atoms with van der Waals surface area (Å²) in [5.74, 6) is -0.189. The fourth-order valence-electron chi connectivity index (χ4n) is 7.01. The van der Waals surface area contributed by atoms with Crippen molar-refractivity contribution in [3.8, 4) is 11.8 Å². The minimum absolute atomic E-state index is 0.115. The summed E-state index contributed by atoms with van der Waals surface area (Å²) in [4.78, 5) is 25.4. The maximum Gasteiger partial charge on any atom is 0.305 e. The van der Waals surface area contributed by atoms with Crippen LogP contribution in [0.15, 0.2) is 12.1 Å². The number of carbonyl (C=O) groups excluding carboxylic acids is 1. The van der Waals surface area contributed by atoms with E-state index in [0.29, 0.717) is 37.1 Å². The highest BCUT2D eigenvalue weighted by Crippen LogP contribution is 2.66. The summed E-state index contributed by atoms with van der Waals surface area (Å²) in [6.07, 6.45) is 5.50. The predicted octanol–water partition coefficient (Wildman–Crippen LogP) is 4.51. The zero-order valence-electron chi connectivity index (χ0n) is 17.7. The summed E-state index contributed by atoms with van der Waals surface area (Å²) >= 11 is 6.37. The van der Waals surface area contributed by atoms with Crippen LogP contribution in [0.3, 0.4) is 0 Å². The molecular weight excluding hydrogens is 435 g/mol. The molecule has 0 aromatic heterocycles. The molecule has 4 aliphatic carbocycles. The summed E-state index contributed by atoms with van der Waals surface area (Å²) < 4.78 is 20.9. The number of hydrogen-bond acceptors (Lipinski definition) is 4. The molecule has 1 saturated heterocycles. The van der Waals surface area contributed by atoms with Gasteiger partial charge in [0.15, 0.2) is 0 Å². The molecule has 5 unspecified atom stereocenters. The Morgan fingerprint density at radius 1 is 1.31 bits per heavy atom. The third-order valence-electron chi connectivity index (χ3n) is 8.36. The first-order valence-corrected chi connectivity index (χ1v) is 11.8. The molecule has 1 amide bonds. The second-order valence-electron chi connectivity index (χ2n) is 9.97. The number of rotatable bonds is 6. The zero-order chi connectivity index (χ0) is 22.6. The van der Waals surface area contributed by atoms with E-state index in [0.717, 1.165) is 31.2 Å². The van der Waals surface area contributed by atoms with E-state index in [1.807, 2.05) is 0 Å². The first-order valence-electron chi connectivity index (χ1n) is 11.4. The lowest BCUT2D eigenvalue weighted by molar-refractivity contribution is -0.137. The molecule has 1 aliphatic heterocycles. The van der Waals surface area contributed by atoms with E-state index in [-0.39, 0.29) is 29.4 Å². The number of carbonyl (C=O) groups is 2. The first-order chi connectivity index (χ1) is 15.3. The Labute approximate surface area is 191 Å². The van der Waals surface area contributed by atoms with Crippen LogP contribution in [0.25, 0.3) is 0 Å². The van der Waals surface area contributed by atoms with E-state index in [4.69, 9.17) is 21.4 Å². The van der Waals surface area contributed by atoms with Crippen LogP contribution in [0.2, 0.25) is 5.02 Å². The lowest BCUT2D eigenvalue weighted by Crippen LogP contribution is -2.40. The molecule has 4 saturated carbocycles. The van der Waals surface area contributed by atoms with Gasteiger partial charge >= 0.3 is 5.97 Å². The van der Waals surface area contributed by atoms with E-state index in [9.17, 15) is 19.2 Å². The van der Waals surface area contributed by atoms with Crippen LogP contribution < -0.4 is 4.74 Å². The normalized spacial score (nSPS) is 34.7. The highest BCUT2D eigenvalue weighted by molar-refractivity contribution is 6.32. The Balaban J connectivity index is 1.33. The Morgan fingerprint density at radius 2 is 2.12 bits per heavy atom. The third-order valence-corrected chi connectivity index (χ3v) is 8.66. The molecule has 4 bridgehead atoms. The van der Waals surface area contributed by atoms with E-state index in [1.165, 1.54) is 17.4 Å². The molecule has 6 nitrogen and oxygen atoms in total. The number of benzene rings is 1. The summed E-state index contributed by atoms with van der Waals surface area (Å²) in [5, 5.41) is 19.2. The van der Waals surface area contributed by atoms with Gasteiger partial charge in [-0.3, -0.25) is 9.59 Å². The number of nitrogens with zero attached hydrogens (tertiary/aromatic N) is 2. The molecule has 5 fully saturated rings. The average Bonchev–Trinajstić information content (AvgIpc) is 3.38. The lowest BCUT2D eigenvalue weighted by atomic mass is 9.65. The number of hydrogen-bond donors (Lipinski definition) is 1. The number of ether oxygens (including phenoxy) is 1. The van der Waals surface area contributed by atoms with Gasteiger partial charge in [-0.15, -0.1) is 0 Å². The summed E-state index contributed by atoms with van der Waals surface area (Å²) in [5.41, 5.74) is -0.737. The van der Waals surface area contributed by atoms with Crippen LogP contribution >= 0.6 is 11.6 Å². The number of likely N-dealkylation sites (tertiary alicyclic amines) is 1. The number of carboxylic acid groups (broad SMARTS) is 1. The molecule has 32 heavy (non-hydrogen) atoms. The number of carboxylic acids is 1. The fourth-order valence-corrected chi connectivity index (χ4v) is 7.23. The maximum atomic E-state index is 14.9. The molecule has 8 heteroatoms. The number of halogens is 2. The van der Waals surface area contributed by atoms with E-state index in [1.54, 1.807) is 0 Å². The van der Waals surface area contributed by atoms with Gasteiger partial charge < -0.3 is 14.7 Å². The van der Waals surface area contributed by atoms with E-state index >= 15 is 0 Å². The summed E-state index contributed by atoms with van der Waals surface area (Å²) in [6.45, 7) is 0.572. The minimum Gasteiger partial charge on any atom is -0.490 e. The standard InChI is InChI=1S/C24H26ClFN2O4/c25-19-9-17(23(31)28-3-1-2-16(28)8-22(29)30)20(26)10-21(19)32-12-24(11-27)15-5-13-4-14(7-15)18(24)6-13/h9-10,13-16,18H,1-8,12H2,(H,29,30)/t13?,14?,15?,16-,18?,24?/m0/s1. The van der Waals surface area contributed by atoms with Gasteiger partial charge in [0.2, 0.25) is 0 Å². The second kappa shape index (κ2) is 7.91. The fraction of sp³-hybridized carbons (Fsp3) is 0.625. The third kappa shape index (κ3) is 3.35.